The normalized spacial score (nSPS) is 13.3. The molecule has 0 aliphatic carbocycles. The van der Waals surface area contributed by atoms with E-state index < -0.39 is 0 Å². The van der Waals surface area contributed by atoms with Crippen LogP contribution in [0.3, 0.4) is 0 Å². The number of thioether (sulfide) groups is 1. The molecule has 2 heterocycles. The van der Waals surface area contributed by atoms with E-state index in [1.807, 2.05) is 54.6 Å². The average Bonchev–Trinajstić information content (AvgIpc) is 3.18. The van der Waals surface area contributed by atoms with Crippen LogP contribution in [0.2, 0.25) is 0 Å². The molecule has 0 unspecified atom stereocenters. The molecule has 0 spiro atoms. The van der Waals surface area contributed by atoms with Crippen molar-refractivity contribution in [1.29, 1.82) is 0 Å². The number of anilines is 1. The number of fused-ring (bicyclic) bond motifs is 1. The smallest absolute Gasteiger partial charge is 0.271 e. The first-order valence-electron chi connectivity index (χ1n) is 8.49. The molecule has 1 aromatic heterocycles. The third-order valence-corrected chi connectivity index (χ3v) is 6.06. The van der Waals surface area contributed by atoms with Crippen LogP contribution in [0.25, 0.3) is 0 Å². The van der Waals surface area contributed by atoms with Gasteiger partial charge in [0.1, 0.15) is 10.7 Å². The summed E-state index contributed by atoms with van der Waals surface area (Å²) in [4.78, 5) is 32.0. The van der Waals surface area contributed by atoms with Crippen LogP contribution in [0.4, 0.5) is 5.69 Å². The van der Waals surface area contributed by atoms with E-state index in [2.05, 4.69) is 10.3 Å². The molecule has 4 rings (SSSR count). The zero-order chi connectivity index (χ0) is 18.6. The van der Waals surface area contributed by atoms with Crippen LogP contribution in [0.15, 0.2) is 64.9 Å². The molecular formula is C20H17N3O2S2. The number of hydrogen-bond donors (Lipinski definition) is 1. The first kappa shape index (κ1) is 17.8. The van der Waals surface area contributed by atoms with Gasteiger partial charge in [0.25, 0.3) is 5.91 Å². The van der Waals surface area contributed by atoms with Crippen LogP contribution in [0.1, 0.15) is 21.1 Å². The van der Waals surface area contributed by atoms with E-state index in [0.717, 1.165) is 21.2 Å². The van der Waals surface area contributed by atoms with Crippen molar-refractivity contribution in [3.05, 3.63) is 76.2 Å². The van der Waals surface area contributed by atoms with Gasteiger partial charge in [-0.15, -0.1) is 23.1 Å². The van der Waals surface area contributed by atoms with Gasteiger partial charge < -0.3 is 10.2 Å². The summed E-state index contributed by atoms with van der Waals surface area (Å²) in [5.74, 6) is 0.276. The Bertz CT molecular complexity index is 972. The van der Waals surface area contributed by atoms with Crippen molar-refractivity contribution in [2.45, 2.75) is 18.0 Å². The van der Waals surface area contributed by atoms with E-state index >= 15 is 0 Å². The first-order valence-corrected chi connectivity index (χ1v) is 10.4. The van der Waals surface area contributed by atoms with Crippen molar-refractivity contribution < 1.29 is 9.59 Å². The fraction of sp³-hybridized carbons (Fsp3) is 0.150. The van der Waals surface area contributed by atoms with Gasteiger partial charge in [0.2, 0.25) is 5.91 Å². The zero-order valence-corrected chi connectivity index (χ0v) is 16.1. The number of thiazole rings is 1. The second kappa shape index (κ2) is 7.94. The lowest BCUT2D eigenvalue weighted by Crippen LogP contribution is -2.34. The molecule has 2 amide bonds. The summed E-state index contributed by atoms with van der Waals surface area (Å²) in [5, 5.41) is 5.36. The number of rotatable bonds is 5. The van der Waals surface area contributed by atoms with Gasteiger partial charge in [0.15, 0.2) is 0 Å². The summed E-state index contributed by atoms with van der Waals surface area (Å²) < 4.78 is 0. The minimum Gasteiger partial charge on any atom is -0.347 e. The summed E-state index contributed by atoms with van der Waals surface area (Å²) in [6.07, 6.45) is 0. The van der Waals surface area contributed by atoms with E-state index in [1.165, 1.54) is 11.3 Å². The van der Waals surface area contributed by atoms with Crippen LogP contribution < -0.4 is 10.2 Å². The molecule has 0 radical (unpaired) electrons. The number of benzene rings is 2. The highest BCUT2D eigenvalue weighted by atomic mass is 32.2. The SMILES string of the molecule is O=C(NCc1ccccc1)c1csc(CN2C(=O)CSc3ccccc32)n1. The Kier molecular flexibility index (Phi) is 5.22. The highest BCUT2D eigenvalue weighted by Crippen LogP contribution is 2.35. The first-order chi connectivity index (χ1) is 13.2. The average molecular weight is 396 g/mol. The maximum absolute atomic E-state index is 12.4. The predicted molar refractivity (Wildman–Crippen MR) is 108 cm³/mol. The summed E-state index contributed by atoms with van der Waals surface area (Å²) in [6, 6.07) is 17.6. The highest BCUT2D eigenvalue weighted by molar-refractivity contribution is 8.00. The molecule has 3 aromatic rings. The van der Waals surface area contributed by atoms with Crippen molar-refractivity contribution >= 4 is 40.6 Å². The molecular weight excluding hydrogens is 378 g/mol. The molecule has 1 aliphatic heterocycles. The Labute approximate surface area is 165 Å². The standard InChI is InChI=1S/C20H17N3O2S2/c24-19-13-26-17-9-5-4-8-16(17)23(19)11-18-22-15(12-27-18)20(25)21-10-14-6-2-1-3-7-14/h1-9,12H,10-11,13H2,(H,21,25). The molecule has 27 heavy (non-hydrogen) atoms. The molecule has 2 aromatic carbocycles. The maximum Gasteiger partial charge on any atom is 0.271 e. The second-order valence-corrected chi connectivity index (χ2v) is 7.99. The van der Waals surface area contributed by atoms with E-state index in [9.17, 15) is 9.59 Å². The van der Waals surface area contributed by atoms with Crippen molar-refractivity contribution in [2.24, 2.45) is 0 Å². The molecule has 0 atom stereocenters. The van der Waals surface area contributed by atoms with Gasteiger partial charge in [0, 0.05) is 16.8 Å². The minimum absolute atomic E-state index is 0.0592. The molecule has 0 saturated carbocycles. The van der Waals surface area contributed by atoms with Crippen LogP contribution >= 0.6 is 23.1 Å². The monoisotopic (exact) mass is 395 g/mol. The van der Waals surface area contributed by atoms with E-state index in [-0.39, 0.29) is 11.8 Å². The number of carbonyl (C=O) groups is 2. The molecule has 1 N–H and O–H groups in total. The van der Waals surface area contributed by atoms with Crippen LogP contribution in [0.5, 0.6) is 0 Å². The Hall–Kier alpha value is -2.64. The fourth-order valence-corrected chi connectivity index (χ4v) is 4.52. The van der Waals surface area contributed by atoms with Gasteiger partial charge in [-0.25, -0.2) is 4.98 Å². The maximum atomic E-state index is 12.4. The Morgan fingerprint density at radius 1 is 1.11 bits per heavy atom. The van der Waals surface area contributed by atoms with Crippen LogP contribution in [-0.4, -0.2) is 22.6 Å². The van der Waals surface area contributed by atoms with Crippen LogP contribution in [0, 0.1) is 0 Å². The van der Waals surface area contributed by atoms with E-state index in [0.29, 0.717) is 24.5 Å². The number of para-hydroxylation sites is 1. The quantitative estimate of drug-likeness (QED) is 0.715. The van der Waals surface area contributed by atoms with Crippen LogP contribution in [-0.2, 0) is 17.9 Å². The Morgan fingerprint density at radius 3 is 2.74 bits per heavy atom. The van der Waals surface area contributed by atoms with Crippen molar-refractivity contribution in [3.63, 3.8) is 0 Å². The molecule has 0 saturated heterocycles. The summed E-state index contributed by atoms with van der Waals surface area (Å²) in [7, 11) is 0. The van der Waals surface area contributed by atoms with Gasteiger partial charge in [-0.2, -0.15) is 0 Å². The molecule has 0 fully saturated rings. The summed E-state index contributed by atoms with van der Waals surface area (Å²) in [6.45, 7) is 0.842. The van der Waals surface area contributed by atoms with Crippen molar-refractivity contribution in [3.8, 4) is 0 Å². The highest BCUT2D eigenvalue weighted by Gasteiger charge is 2.25. The number of aromatic nitrogens is 1. The summed E-state index contributed by atoms with van der Waals surface area (Å²) >= 11 is 2.95. The Morgan fingerprint density at radius 2 is 1.89 bits per heavy atom. The molecule has 0 bridgehead atoms. The van der Waals surface area contributed by atoms with Gasteiger partial charge in [-0.1, -0.05) is 42.5 Å². The lowest BCUT2D eigenvalue weighted by molar-refractivity contribution is -0.116. The van der Waals surface area contributed by atoms with E-state index in [4.69, 9.17) is 0 Å². The molecule has 5 nitrogen and oxygen atoms in total. The molecule has 7 heteroatoms. The number of nitrogens with one attached hydrogen (secondary N) is 1. The van der Waals surface area contributed by atoms with Crippen molar-refractivity contribution in [1.82, 2.24) is 10.3 Å². The predicted octanol–water partition coefficient (Wildman–Crippen LogP) is 3.71. The lowest BCUT2D eigenvalue weighted by atomic mass is 10.2. The number of amides is 2. The minimum atomic E-state index is -0.206. The number of nitrogens with zero attached hydrogens (tertiary/aromatic N) is 2. The number of hydrogen-bond acceptors (Lipinski definition) is 5. The van der Waals surface area contributed by atoms with Crippen molar-refractivity contribution in [2.75, 3.05) is 10.7 Å². The van der Waals surface area contributed by atoms with Gasteiger partial charge in [-0.05, 0) is 17.7 Å². The van der Waals surface area contributed by atoms with Gasteiger partial charge in [-0.3, -0.25) is 9.59 Å². The fourth-order valence-electron chi connectivity index (χ4n) is 2.82. The second-order valence-electron chi connectivity index (χ2n) is 6.03. The summed E-state index contributed by atoms with van der Waals surface area (Å²) in [5.41, 5.74) is 2.33. The topological polar surface area (TPSA) is 62.3 Å². The Balaban J connectivity index is 1.44. The third-order valence-electron chi connectivity index (χ3n) is 4.18. The molecule has 136 valence electrons. The van der Waals surface area contributed by atoms with E-state index in [1.54, 1.807) is 22.0 Å². The lowest BCUT2D eigenvalue weighted by Gasteiger charge is -2.28. The number of carbonyl (C=O) groups excluding carboxylic acids is 2. The largest absolute Gasteiger partial charge is 0.347 e. The van der Waals surface area contributed by atoms with Gasteiger partial charge >= 0.3 is 0 Å². The van der Waals surface area contributed by atoms with Gasteiger partial charge in [0.05, 0.1) is 18.0 Å². The molecule has 1 aliphatic rings. The zero-order valence-electron chi connectivity index (χ0n) is 14.4. The third kappa shape index (κ3) is 4.04.